The second kappa shape index (κ2) is 6.68. The molecule has 0 saturated heterocycles. The Kier molecular flexibility index (Phi) is 4.91. The molecule has 4 heteroatoms. The maximum absolute atomic E-state index is 12.6. The summed E-state index contributed by atoms with van der Waals surface area (Å²) in [6, 6.07) is 9.65. The minimum absolute atomic E-state index is 0.00439. The first-order valence-electron chi connectivity index (χ1n) is 7.35. The van der Waals surface area contributed by atoms with Crippen molar-refractivity contribution in [1.82, 2.24) is 9.88 Å². The number of amides is 1. The first-order valence-corrected chi connectivity index (χ1v) is 7.35. The number of carbonyl (C=O) groups excluding carboxylic acids is 1. The number of benzene rings is 1. The van der Waals surface area contributed by atoms with Crippen LogP contribution in [0.1, 0.15) is 30.6 Å². The summed E-state index contributed by atoms with van der Waals surface area (Å²) in [7, 11) is 1.82. The first-order chi connectivity index (χ1) is 10.0. The van der Waals surface area contributed by atoms with Gasteiger partial charge in [-0.3, -0.25) is 9.78 Å². The lowest BCUT2D eigenvalue weighted by molar-refractivity contribution is 0.0791. The van der Waals surface area contributed by atoms with Crippen molar-refractivity contribution in [2.75, 3.05) is 13.6 Å². The van der Waals surface area contributed by atoms with Crippen LogP contribution in [0.5, 0.6) is 0 Å². The highest BCUT2D eigenvalue weighted by atomic mass is 16.2. The Bertz CT molecular complexity index is 619. The van der Waals surface area contributed by atoms with Gasteiger partial charge in [0.25, 0.3) is 5.91 Å². The number of nitrogens with zero attached hydrogens (tertiary/aromatic N) is 2. The van der Waals surface area contributed by atoms with Crippen molar-refractivity contribution in [1.29, 1.82) is 0 Å². The van der Waals surface area contributed by atoms with Crippen molar-refractivity contribution in [2.45, 2.75) is 26.3 Å². The zero-order valence-corrected chi connectivity index (χ0v) is 12.9. The van der Waals surface area contributed by atoms with Crippen molar-refractivity contribution < 1.29 is 4.79 Å². The predicted octanol–water partition coefficient (Wildman–Crippen LogP) is 2.68. The normalized spacial score (nSPS) is 12.6. The molecule has 2 rings (SSSR count). The van der Waals surface area contributed by atoms with Crippen molar-refractivity contribution in [2.24, 2.45) is 11.7 Å². The van der Waals surface area contributed by atoms with Crippen molar-refractivity contribution >= 4 is 16.8 Å². The van der Waals surface area contributed by atoms with Gasteiger partial charge in [-0.2, -0.15) is 0 Å². The van der Waals surface area contributed by atoms with E-state index in [0.29, 0.717) is 18.0 Å². The Morgan fingerprint density at radius 2 is 2.00 bits per heavy atom. The van der Waals surface area contributed by atoms with Gasteiger partial charge in [0.2, 0.25) is 0 Å². The van der Waals surface area contributed by atoms with Gasteiger partial charge in [0, 0.05) is 31.2 Å². The van der Waals surface area contributed by atoms with E-state index in [0.717, 1.165) is 17.3 Å². The molecule has 2 N–H and O–H groups in total. The molecule has 2 aromatic rings. The molecule has 21 heavy (non-hydrogen) atoms. The quantitative estimate of drug-likeness (QED) is 0.919. The number of nitrogens with two attached hydrogens (primary N) is 1. The van der Waals surface area contributed by atoms with Gasteiger partial charge in [-0.05, 0) is 24.5 Å². The molecule has 1 heterocycles. The zero-order chi connectivity index (χ0) is 15.4. The lowest BCUT2D eigenvalue weighted by atomic mass is 10.0. The molecular weight excluding hydrogens is 262 g/mol. The summed E-state index contributed by atoms with van der Waals surface area (Å²) in [6.45, 7) is 4.85. The number of aromatic nitrogens is 1. The zero-order valence-electron chi connectivity index (χ0n) is 12.9. The highest BCUT2D eigenvalue weighted by Crippen LogP contribution is 2.17. The number of para-hydroxylation sites is 1. The summed E-state index contributed by atoms with van der Waals surface area (Å²) in [6.07, 6.45) is 2.52. The molecule has 0 bridgehead atoms. The molecule has 0 fully saturated rings. The molecular formula is C17H23N3O. The Hall–Kier alpha value is -1.94. The van der Waals surface area contributed by atoms with Gasteiger partial charge >= 0.3 is 0 Å². The lowest BCUT2D eigenvalue weighted by Gasteiger charge is -2.22. The van der Waals surface area contributed by atoms with E-state index in [-0.39, 0.29) is 11.9 Å². The topological polar surface area (TPSA) is 59.2 Å². The standard InChI is InChI=1S/C17H23N3O/c1-12(2)15(18)9-11-20(3)17(21)14-8-4-6-13-7-5-10-19-16(13)14/h4-8,10,12,15H,9,11,18H2,1-3H3. The summed E-state index contributed by atoms with van der Waals surface area (Å²) in [5.41, 5.74) is 7.45. The average Bonchev–Trinajstić information content (AvgIpc) is 2.50. The molecule has 0 aliphatic carbocycles. The molecule has 1 aromatic heterocycles. The van der Waals surface area contributed by atoms with E-state index in [1.54, 1.807) is 11.1 Å². The van der Waals surface area contributed by atoms with Crippen molar-refractivity contribution in [3.05, 3.63) is 42.1 Å². The van der Waals surface area contributed by atoms with Crippen molar-refractivity contribution in [3.63, 3.8) is 0 Å². The highest BCUT2D eigenvalue weighted by molar-refractivity contribution is 6.05. The average molecular weight is 285 g/mol. The second-order valence-electron chi connectivity index (χ2n) is 5.80. The van der Waals surface area contributed by atoms with Gasteiger partial charge in [-0.15, -0.1) is 0 Å². The molecule has 0 saturated carbocycles. The summed E-state index contributed by atoms with van der Waals surface area (Å²) in [5, 5.41) is 0.982. The second-order valence-corrected chi connectivity index (χ2v) is 5.80. The molecule has 112 valence electrons. The highest BCUT2D eigenvalue weighted by Gasteiger charge is 2.16. The van der Waals surface area contributed by atoms with Crippen LogP contribution in [0.2, 0.25) is 0 Å². The van der Waals surface area contributed by atoms with Crippen LogP contribution >= 0.6 is 0 Å². The Morgan fingerprint density at radius 1 is 1.29 bits per heavy atom. The third-order valence-electron chi connectivity index (χ3n) is 3.86. The molecule has 0 spiro atoms. The molecule has 1 aromatic carbocycles. The molecule has 1 unspecified atom stereocenters. The van der Waals surface area contributed by atoms with Crippen LogP contribution in [0.3, 0.4) is 0 Å². The lowest BCUT2D eigenvalue weighted by Crippen LogP contribution is -2.34. The SMILES string of the molecule is CC(C)C(N)CCN(C)C(=O)c1cccc2cccnc12. The third-order valence-corrected chi connectivity index (χ3v) is 3.86. The number of rotatable bonds is 5. The van der Waals surface area contributed by atoms with Crippen LogP contribution in [-0.4, -0.2) is 35.4 Å². The number of pyridine rings is 1. The largest absolute Gasteiger partial charge is 0.342 e. The Labute approximate surface area is 126 Å². The maximum atomic E-state index is 12.6. The van der Waals surface area contributed by atoms with Crippen molar-refractivity contribution in [3.8, 4) is 0 Å². The smallest absolute Gasteiger partial charge is 0.255 e. The summed E-state index contributed by atoms with van der Waals surface area (Å²) in [5.74, 6) is 0.419. The molecule has 0 aliphatic rings. The fourth-order valence-electron chi connectivity index (χ4n) is 2.26. The van der Waals surface area contributed by atoms with Gasteiger partial charge in [0.15, 0.2) is 0 Å². The third kappa shape index (κ3) is 3.58. The van der Waals surface area contributed by atoms with E-state index in [2.05, 4.69) is 18.8 Å². The van der Waals surface area contributed by atoms with E-state index < -0.39 is 0 Å². The van der Waals surface area contributed by atoms with Gasteiger partial charge in [0.05, 0.1) is 11.1 Å². The molecule has 0 radical (unpaired) electrons. The maximum Gasteiger partial charge on any atom is 0.255 e. The van der Waals surface area contributed by atoms with E-state index in [1.807, 2.05) is 37.4 Å². The molecule has 1 amide bonds. The van der Waals surface area contributed by atoms with Crippen LogP contribution in [0.4, 0.5) is 0 Å². The summed E-state index contributed by atoms with van der Waals surface area (Å²) < 4.78 is 0. The molecule has 0 aliphatic heterocycles. The monoisotopic (exact) mass is 285 g/mol. The van der Waals surface area contributed by atoms with Gasteiger partial charge in [0.1, 0.15) is 0 Å². The van der Waals surface area contributed by atoms with Crippen LogP contribution in [0.25, 0.3) is 10.9 Å². The minimum Gasteiger partial charge on any atom is -0.342 e. The Morgan fingerprint density at radius 3 is 2.71 bits per heavy atom. The molecule has 4 nitrogen and oxygen atoms in total. The fourth-order valence-corrected chi connectivity index (χ4v) is 2.26. The summed E-state index contributed by atoms with van der Waals surface area (Å²) in [4.78, 5) is 18.6. The summed E-state index contributed by atoms with van der Waals surface area (Å²) >= 11 is 0. The first kappa shape index (κ1) is 15.4. The number of hydrogen-bond acceptors (Lipinski definition) is 3. The number of hydrogen-bond donors (Lipinski definition) is 1. The van der Waals surface area contributed by atoms with E-state index in [4.69, 9.17) is 5.73 Å². The predicted molar refractivity (Wildman–Crippen MR) is 86.1 cm³/mol. The number of carbonyl (C=O) groups is 1. The number of fused-ring (bicyclic) bond motifs is 1. The fraction of sp³-hybridized carbons (Fsp3) is 0.412. The van der Waals surface area contributed by atoms with E-state index >= 15 is 0 Å². The van der Waals surface area contributed by atoms with Crippen LogP contribution in [-0.2, 0) is 0 Å². The van der Waals surface area contributed by atoms with E-state index in [9.17, 15) is 4.79 Å². The van der Waals surface area contributed by atoms with Gasteiger partial charge < -0.3 is 10.6 Å². The minimum atomic E-state index is -0.00439. The van der Waals surface area contributed by atoms with Gasteiger partial charge in [-0.1, -0.05) is 32.0 Å². The Balaban J connectivity index is 2.15. The van der Waals surface area contributed by atoms with Crippen LogP contribution in [0, 0.1) is 5.92 Å². The van der Waals surface area contributed by atoms with E-state index in [1.165, 1.54) is 0 Å². The van der Waals surface area contributed by atoms with Crippen LogP contribution in [0.15, 0.2) is 36.5 Å². The molecule has 1 atom stereocenters. The van der Waals surface area contributed by atoms with Crippen LogP contribution < -0.4 is 5.73 Å². The van der Waals surface area contributed by atoms with Gasteiger partial charge in [-0.25, -0.2) is 0 Å².